The van der Waals surface area contributed by atoms with Crippen LogP contribution in [-0.2, 0) is 12.8 Å². The molecular formula is C25H44O. The van der Waals surface area contributed by atoms with Gasteiger partial charge in [-0.25, -0.2) is 0 Å². The van der Waals surface area contributed by atoms with Gasteiger partial charge in [0, 0.05) is 0 Å². The van der Waals surface area contributed by atoms with Gasteiger partial charge in [-0.3, -0.25) is 0 Å². The van der Waals surface area contributed by atoms with Gasteiger partial charge in [-0.05, 0) is 61.3 Å². The summed E-state index contributed by atoms with van der Waals surface area (Å²) in [6.07, 6.45) is 17.0. The average Bonchev–Trinajstić information content (AvgIpc) is 2.66. The molecule has 0 aliphatic carbocycles. The topological polar surface area (TPSA) is 9.23 Å². The van der Waals surface area contributed by atoms with E-state index in [1.807, 2.05) is 0 Å². The molecule has 1 aromatic rings. The highest BCUT2D eigenvalue weighted by atomic mass is 16.5. The van der Waals surface area contributed by atoms with Crippen molar-refractivity contribution in [2.45, 2.75) is 111 Å². The summed E-state index contributed by atoms with van der Waals surface area (Å²) >= 11 is 0. The van der Waals surface area contributed by atoms with E-state index < -0.39 is 0 Å². The second kappa shape index (κ2) is 15.1. The van der Waals surface area contributed by atoms with E-state index in [0.29, 0.717) is 0 Å². The van der Waals surface area contributed by atoms with Crippen LogP contribution in [0.15, 0.2) is 18.2 Å². The first kappa shape index (κ1) is 23.1. The first-order valence-electron chi connectivity index (χ1n) is 11.5. The number of benzene rings is 1. The van der Waals surface area contributed by atoms with E-state index in [4.69, 9.17) is 4.74 Å². The Morgan fingerprint density at radius 3 is 1.73 bits per heavy atom. The zero-order valence-corrected chi connectivity index (χ0v) is 18.1. The maximum absolute atomic E-state index is 5.95. The Labute approximate surface area is 163 Å². The highest BCUT2D eigenvalue weighted by molar-refractivity contribution is 5.34. The Bertz CT molecular complexity index is 417. The number of hydrogen-bond donors (Lipinski definition) is 0. The molecule has 1 nitrogen and oxygen atoms in total. The molecule has 0 N–H and O–H groups in total. The Kier molecular flexibility index (Phi) is 13.4. The van der Waals surface area contributed by atoms with Gasteiger partial charge >= 0.3 is 0 Å². The van der Waals surface area contributed by atoms with Crippen LogP contribution in [0.25, 0.3) is 0 Å². The van der Waals surface area contributed by atoms with Crippen molar-refractivity contribution in [2.75, 3.05) is 6.61 Å². The first-order chi connectivity index (χ1) is 12.7. The van der Waals surface area contributed by atoms with Gasteiger partial charge in [0.05, 0.1) is 6.61 Å². The minimum atomic E-state index is 0.826. The molecule has 0 heterocycles. The predicted octanol–water partition coefficient (Wildman–Crippen LogP) is 8.14. The van der Waals surface area contributed by atoms with Crippen LogP contribution in [0.2, 0.25) is 0 Å². The van der Waals surface area contributed by atoms with E-state index in [-0.39, 0.29) is 0 Å². The van der Waals surface area contributed by atoms with Gasteiger partial charge in [-0.1, -0.05) is 85.1 Å². The first-order valence-corrected chi connectivity index (χ1v) is 11.5. The summed E-state index contributed by atoms with van der Waals surface area (Å²) in [5.41, 5.74) is 2.94. The van der Waals surface area contributed by atoms with E-state index in [9.17, 15) is 0 Å². The molecule has 26 heavy (non-hydrogen) atoms. The van der Waals surface area contributed by atoms with Crippen molar-refractivity contribution in [3.05, 3.63) is 29.3 Å². The van der Waals surface area contributed by atoms with Gasteiger partial charge in [0.2, 0.25) is 0 Å². The number of rotatable bonds is 16. The third-order valence-corrected chi connectivity index (χ3v) is 5.33. The molecule has 0 spiro atoms. The molecule has 0 radical (unpaired) electrons. The van der Waals surface area contributed by atoms with Gasteiger partial charge in [-0.15, -0.1) is 0 Å². The van der Waals surface area contributed by atoms with Crippen LogP contribution < -0.4 is 4.74 Å². The van der Waals surface area contributed by atoms with E-state index in [1.54, 1.807) is 0 Å². The van der Waals surface area contributed by atoms with Crippen molar-refractivity contribution in [3.8, 4) is 5.75 Å². The molecule has 0 saturated heterocycles. The fourth-order valence-corrected chi connectivity index (χ4v) is 3.71. The molecule has 1 heteroatoms. The number of unbranched alkanes of at least 4 members (excludes halogenated alkanes) is 3. The van der Waals surface area contributed by atoms with Gasteiger partial charge in [0.15, 0.2) is 0 Å². The largest absolute Gasteiger partial charge is 0.494 e. The van der Waals surface area contributed by atoms with E-state index >= 15 is 0 Å². The molecule has 0 fully saturated rings. The van der Waals surface area contributed by atoms with Crippen molar-refractivity contribution in [2.24, 2.45) is 5.92 Å². The summed E-state index contributed by atoms with van der Waals surface area (Å²) in [5, 5.41) is 0. The summed E-state index contributed by atoms with van der Waals surface area (Å²) in [6.45, 7) is 9.90. The van der Waals surface area contributed by atoms with Crippen LogP contribution in [0.1, 0.15) is 109 Å². The molecule has 0 aromatic heterocycles. The third-order valence-electron chi connectivity index (χ3n) is 5.33. The lowest BCUT2D eigenvalue weighted by Crippen LogP contribution is -2.03. The lowest BCUT2D eigenvalue weighted by atomic mass is 9.90. The second-order valence-corrected chi connectivity index (χ2v) is 7.98. The highest BCUT2D eigenvalue weighted by Gasteiger charge is 2.09. The fourth-order valence-electron chi connectivity index (χ4n) is 3.71. The van der Waals surface area contributed by atoms with E-state index in [1.165, 1.54) is 88.2 Å². The standard InChI is InChI=1S/C25H44O/c1-5-9-13-22(14-10-6-2)16-12-17-24-19-23(15-11-7-3)20-25(21-24)26-18-8-4/h19-22H,5-18H2,1-4H3. The number of hydrogen-bond acceptors (Lipinski definition) is 1. The average molecular weight is 361 g/mol. The van der Waals surface area contributed by atoms with Crippen LogP contribution >= 0.6 is 0 Å². The van der Waals surface area contributed by atoms with Crippen LogP contribution in [0.4, 0.5) is 0 Å². The second-order valence-electron chi connectivity index (χ2n) is 7.98. The fraction of sp³-hybridized carbons (Fsp3) is 0.760. The minimum absolute atomic E-state index is 0.826. The Balaban J connectivity index is 2.61. The smallest absolute Gasteiger partial charge is 0.119 e. The maximum atomic E-state index is 5.95. The van der Waals surface area contributed by atoms with Gasteiger partial charge < -0.3 is 4.74 Å². The molecule has 0 aliphatic heterocycles. The van der Waals surface area contributed by atoms with Gasteiger partial charge in [0.25, 0.3) is 0 Å². The zero-order chi connectivity index (χ0) is 19.0. The van der Waals surface area contributed by atoms with Crippen molar-refractivity contribution >= 4 is 0 Å². The molecular weight excluding hydrogens is 316 g/mol. The summed E-state index contributed by atoms with van der Waals surface area (Å²) in [7, 11) is 0. The Morgan fingerprint density at radius 1 is 0.654 bits per heavy atom. The van der Waals surface area contributed by atoms with Crippen LogP contribution in [0.5, 0.6) is 5.75 Å². The maximum Gasteiger partial charge on any atom is 0.119 e. The Morgan fingerprint density at radius 2 is 1.19 bits per heavy atom. The number of ether oxygens (including phenoxy) is 1. The van der Waals surface area contributed by atoms with Gasteiger partial charge in [0.1, 0.15) is 5.75 Å². The molecule has 1 aromatic carbocycles. The molecule has 0 bridgehead atoms. The minimum Gasteiger partial charge on any atom is -0.494 e. The lowest BCUT2D eigenvalue weighted by molar-refractivity contribution is 0.316. The van der Waals surface area contributed by atoms with Crippen LogP contribution in [0.3, 0.4) is 0 Å². The van der Waals surface area contributed by atoms with Crippen LogP contribution in [-0.4, -0.2) is 6.61 Å². The van der Waals surface area contributed by atoms with E-state index in [2.05, 4.69) is 45.9 Å². The normalized spacial score (nSPS) is 11.3. The Hall–Kier alpha value is -0.980. The zero-order valence-electron chi connectivity index (χ0n) is 18.1. The predicted molar refractivity (Wildman–Crippen MR) is 116 cm³/mol. The molecule has 1 rings (SSSR count). The van der Waals surface area contributed by atoms with Crippen molar-refractivity contribution in [1.29, 1.82) is 0 Å². The van der Waals surface area contributed by atoms with E-state index in [0.717, 1.165) is 24.7 Å². The van der Waals surface area contributed by atoms with Crippen LogP contribution in [0, 0.1) is 5.92 Å². The monoisotopic (exact) mass is 360 g/mol. The molecule has 0 amide bonds. The summed E-state index contributed by atoms with van der Waals surface area (Å²) < 4.78 is 5.95. The highest BCUT2D eigenvalue weighted by Crippen LogP contribution is 2.25. The molecule has 0 aliphatic rings. The van der Waals surface area contributed by atoms with Crippen molar-refractivity contribution < 1.29 is 4.74 Å². The summed E-state index contributed by atoms with van der Waals surface area (Å²) in [4.78, 5) is 0. The quantitative estimate of drug-likeness (QED) is 0.289. The molecule has 150 valence electrons. The number of aryl methyl sites for hydroxylation is 2. The van der Waals surface area contributed by atoms with Crippen molar-refractivity contribution in [3.63, 3.8) is 0 Å². The summed E-state index contributed by atoms with van der Waals surface area (Å²) in [6, 6.07) is 6.99. The molecule has 0 saturated carbocycles. The SMILES string of the molecule is CCCCc1cc(CCCC(CCCC)CCCC)cc(OCCC)c1. The lowest BCUT2D eigenvalue weighted by Gasteiger charge is -2.17. The molecule has 0 atom stereocenters. The van der Waals surface area contributed by atoms with Crippen molar-refractivity contribution in [1.82, 2.24) is 0 Å². The van der Waals surface area contributed by atoms with Gasteiger partial charge in [-0.2, -0.15) is 0 Å². The third kappa shape index (κ3) is 10.2. The molecule has 0 unspecified atom stereocenters. The summed E-state index contributed by atoms with van der Waals surface area (Å²) in [5.74, 6) is 2.03.